The Kier molecular flexibility index (Phi) is 5.80. The molecule has 10 heteroatoms. The Morgan fingerprint density at radius 3 is 2.61 bits per heavy atom. The van der Waals surface area contributed by atoms with Crippen molar-refractivity contribution in [1.82, 2.24) is 4.31 Å². The number of hydrogen-bond donors (Lipinski definition) is 1. The average molecular weight is 406 g/mol. The summed E-state index contributed by atoms with van der Waals surface area (Å²) in [4.78, 5) is 10.4. The molecule has 2 aromatic rings. The summed E-state index contributed by atoms with van der Waals surface area (Å²) in [5.74, 6) is 0.483. The third-order valence-electron chi connectivity index (χ3n) is 4.76. The van der Waals surface area contributed by atoms with Gasteiger partial charge in [-0.2, -0.15) is 9.41 Å². The Labute approximate surface area is 163 Å². The first kappa shape index (κ1) is 20.0. The van der Waals surface area contributed by atoms with E-state index in [0.29, 0.717) is 5.76 Å². The molecule has 1 aromatic carbocycles. The van der Waals surface area contributed by atoms with Gasteiger partial charge in [0.15, 0.2) is 0 Å². The van der Waals surface area contributed by atoms with Crippen molar-refractivity contribution in [1.29, 1.82) is 0 Å². The first-order valence-electron chi connectivity index (χ1n) is 8.95. The molecule has 2 heterocycles. The summed E-state index contributed by atoms with van der Waals surface area (Å²) >= 11 is 0. The molecule has 2 atom stereocenters. The third-order valence-corrected chi connectivity index (χ3v) is 6.93. The maximum atomic E-state index is 13.4. The lowest BCUT2D eigenvalue weighted by atomic mass is 10.0. The molecule has 1 saturated heterocycles. The van der Waals surface area contributed by atoms with Gasteiger partial charge in [0.2, 0.25) is 10.0 Å². The predicted molar refractivity (Wildman–Crippen MR) is 105 cm³/mol. The Balaban J connectivity index is 2.00. The minimum atomic E-state index is -3.96. The van der Waals surface area contributed by atoms with Crippen LogP contribution in [0.4, 0.5) is 11.4 Å². The van der Waals surface area contributed by atoms with E-state index >= 15 is 0 Å². The molecule has 0 unspecified atom stereocenters. The van der Waals surface area contributed by atoms with Gasteiger partial charge in [-0.25, -0.2) is 8.42 Å². The summed E-state index contributed by atoms with van der Waals surface area (Å²) in [5.41, 5.74) is 2.54. The second-order valence-electron chi connectivity index (χ2n) is 6.79. The number of non-ortho nitro benzene ring substituents is 1. The molecular formula is C18H22N4O5S. The SMILES string of the molecule is C[C@H]1CCC[C@H](C)N1S(=O)(=O)c1cc([N+](=O)[O-])ccc1N/N=C\c1ccco1. The van der Waals surface area contributed by atoms with Gasteiger partial charge in [-0.15, -0.1) is 0 Å². The maximum Gasteiger partial charge on any atom is 0.270 e. The number of furan rings is 1. The van der Waals surface area contributed by atoms with Crippen LogP contribution in [0.5, 0.6) is 0 Å². The maximum absolute atomic E-state index is 13.4. The van der Waals surface area contributed by atoms with E-state index in [0.717, 1.165) is 25.3 Å². The molecule has 9 nitrogen and oxygen atoms in total. The van der Waals surface area contributed by atoms with Gasteiger partial charge in [-0.3, -0.25) is 15.5 Å². The molecule has 28 heavy (non-hydrogen) atoms. The van der Waals surface area contributed by atoms with Crippen LogP contribution >= 0.6 is 0 Å². The van der Waals surface area contributed by atoms with Gasteiger partial charge in [-0.05, 0) is 44.9 Å². The third kappa shape index (κ3) is 4.07. The molecule has 1 aromatic heterocycles. The zero-order chi connectivity index (χ0) is 20.3. The lowest BCUT2D eigenvalue weighted by molar-refractivity contribution is -0.385. The van der Waals surface area contributed by atoms with Gasteiger partial charge in [0.05, 0.1) is 23.1 Å². The number of piperidine rings is 1. The molecule has 0 amide bonds. The van der Waals surface area contributed by atoms with Crippen LogP contribution in [0.25, 0.3) is 0 Å². The molecule has 0 bridgehead atoms. The van der Waals surface area contributed by atoms with Gasteiger partial charge in [-0.1, -0.05) is 6.42 Å². The molecule has 1 aliphatic rings. The zero-order valence-corrected chi connectivity index (χ0v) is 16.4. The Morgan fingerprint density at radius 2 is 2.00 bits per heavy atom. The van der Waals surface area contributed by atoms with Crippen molar-refractivity contribution in [2.24, 2.45) is 5.10 Å². The Morgan fingerprint density at radius 1 is 1.29 bits per heavy atom. The van der Waals surface area contributed by atoms with E-state index in [1.165, 1.54) is 28.9 Å². The molecule has 0 aliphatic carbocycles. The topological polar surface area (TPSA) is 118 Å². The second kappa shape index (κ2) is 8.11. The first-order valence-corrected chi connectivity index (χ1v) is 10.4. The minimum absolute atomic E-state index is 0.165. The molecule has 3 rings (SSSR count). The molecule has 0 saturated carbocycles. The van der Waals surface area contributed by atoms with Crippen LogP contribution in [0.1, 0.15) is 38.9 Å². The van der Waals surface area contributed by atoms with Crippen molar-refractivity contribution in [3.05, 3.63) is 52.5 Å². The quantitative estimate of drug-likeness (QED) is 0.445. The van der Waals surface area contributed by atoms with Gasteiger partial charge >= 0.3 is 0 Å². The van der Waals surface area contributed by atoms with Gasteiger partial charge < -0.3 is 4.42 Å². The van der Waals surface area contributed by atoms with Crippen molar-refractivity contribution in [3.63, 3.8) is 0 Å². The number of rotatable bonds is 6. The van der Waals surface area contributed by atoms with Crippen LogP contribution in [0.2, 0.25) is 0 Å². The van der Waals surface area contributed by atoms with Crippen LogP contribution in [0.15, 0.2) is 51.0 Å². The lowest BCUT2D eigenvalue weighted by Gasteiger charge is -2.37. The number of benzene rings is 1. The van der Waals surface area contributed by atoms with Gasteiger partial charge in [0.25, 0.3) is 5.69 Å². The first-order chi connectivity index (χ1) is 13.3. The smallest absolute Gasteiger partial charge is 0.270 e. The number of hydrazone groups is 1. The number of hydrogen-bond acceptors (Lipinski definition) is 7. The number of nitrogens with zero attached hydrogens (tertiary/aromatic N) is 3. The molecule has 1 fully saturated rings. The molecule has 150 valence electrons. The fourth-order valence-corrected chi connectivity index (χ4v) is 5.49. The van der Waals surface area contributed by atoms with Crippen molar-refractivity contribution >= 4 is 27.6 Å². The normalized spacial score (nSPS) is 21.1. The summed E-state index contributed by atoms with van der Waals surface area (Å²) in [6.45, 7) is 3.71. The summed E-state index contributed by atoms with van der Waals surface area (Å²) in [5, 5.41) is 15.2. The van der Waals surface area contributed by atoms with Crippen molar-refractivity contribution in [2.45, 2.75) is 50.1 Å². The largest absolute Gasteiger partial charge is 0.463 e. The number of anilines is 1. The average Bonchev–Trinajstić information content (AvgIpc) is 3.14. The van der Waals surface area contributed by atoms with Gasteiger partial charge in [0.1, 0.15) is 10.7 Å². The van der Waals surface area contributed by atoms with E-state index in [9.17, 15) is 18.5 Å². The van der Waals surface area contributed by atoms with Crippen LogP contribution in [0.3, 0.4) is 0 Å². The van der Waals surface area contributed by atoms with E-state index in [-0.39, 0.29) is 28.4 Å². The summed E-state index contributed by atoms with van der Waals surface area (Å²) in [6.07, 6.45) is 5.32. The van der Waals surface area contributed by atoms with E-state index in [1.54, 1.807) is 12.1 Å². The fourth-order valence-electron chi connectivity index (χ4n) is 3.45. The lowest BCUT2D eigenvalue weighted by Crippen LogP contribution is -2.47. The van der Waals surface area contributed by atoms with E-state index in [4.69, 9.17) is 4.42 Å². The molecule has 0 spiro atoms. The fraction of sp³-hybridized carbons (Fsp3) is 0.389. The van der Waals surface area contributed by atoms with Crippen molar-refractivity contribution < 1.29 is 17.8 Å². The van der Waals surface area contributed by atoms with Gasteiger partial charge in [0, 0.05) is 24.2 Å². The van der Waals surface area contributed by atoms with Crippen LogP contribution in [-0.4, -0.2) is 35.9 Å². The zero-order valence-electron chi connectivity index (χ0n) is 15.6. The highest BCUT2D eigenvalue weighted by Crippen LogP contribution is 2.34. The van der Waals surface area contributed by atoms with Crippen LogP contribution < -0.4 is 5.43 Å². The van der Waals surface area contributed by atoms with Crippen molar-refractivity contribution in [2.75, 3.05) is 5.43 Å². The summed E-state index contributed by atoms with van der Waals surface area (Å²) in [7, 11) is -3.96. The molecule has 1 N–H and O–H groups in total. The number of nitrogens with one attached hydrogen (secondary N) is 1. The van der Waals surface area contributed by atoms with Crippen LogP contribution in [-0.2, 0) is 10.0 Å². The monoisotopic (exact) mass is 406 g/mol. The standard InChI is InChI=1S/C18H22N4O5S/c1-13-5-3-6-14(2)21(13)28(25,26)18-11-15(22(23)24)8-9-17(18)20-19-12-16-7-4-10-27-16/h4,7-14,20H,3,5-6H2,1-2H3/b19-12-/t13-,14-/m0/s1. The minimum Gasteiger partial charge on any atom is -0.463 e. The molecule has 1 aliphatic heterocycles. The highest BCUT2D eigenvalue weighted by atomic mass is 32.2. The van der Waals surface area contributed by atoms with E-state index in [2.05, 4.69) is 10.5 Å². The number of sulfonamides is 1. The summed E-state index contributed by atoms with van der Waals surface area (Å²) in [6, 6.07) is 6.68. The highest BCUT2D eigenvalue weighted by molar-refractivity contribution is 7.89. The van der Waals surface area contributed by atoms with E-state index in [1.807, 2.05) is 13.8 Å². The molecule has 0 radical (unpaired) electrons. The van der Waals surface area contributed by atoms with Crippen molar-refractivity contribution in [3.8, 4) is 0 Å². The van der Waals surface area contributed by atoms with Crippen LogP contribution in [0, 0.1) is 10.1 Å². The predicted octanol–water partition coefficient (Wildman–Crippen LogP) is 3.59. The van der Waals surface area contributed by atoms with E-state index < -0.39 is 14.9 Å². The number of nitro benzene ring substituents is 1. The second-order valence-corrected chi connectivity index (χ2v) is 8.60. The highest BCUT2D eigenvalue weighted by Gasteiger charge is 2.37. The number of nitro groups is 1. The molecular weight excluding hydrogens is 384 g/mol. The Bertz CT molecular complexity index is 962. The Hall–Kier alpha value is -2.72. The summed E-state index contributed by atoms with van der Waals surface area (Å²) < 4.78 is 33.4.